The van der Waals surface area contributed by atoms with Gasteiger partial charge >= 0.3 is 0 Å². The van der Waals surface area contributed by atoms with Gasteiger partial charge in [0.25, 0.3) is 0 Å². The Labute approximate surface area is 157 Å². The molecule has 3 N–H and O–H groups in total. The predicted octanol–water partition coefficient (Wildman–Crippen LogP) is 2.42. The number of anilines is 1. The number of aromatic nitrogens is 2. The maximum Gasteiger partial charge on any atom is 0.175 e. The van der Waals surface area contributed by atoms with Crippen molar-refractivity contribution in [1.82, 2.24) is 14.7 Å². The SMILES string of the molecule is COc1c(-c2ccccc2CNS(=O)[O-])ccc(-c2cnc(N)cn2)c1F. The van der Waals surface area contributed by atoms with Crippen LogP contribution in [0.25, 0.3) is 22.4 Å². The topological polar surface area (TPSA) is 113 Å². The lowest BCUT2D eigenvalue weighted by Crippen LogP contribution is -2.16. The first-order chi connectivity index (χ1) is 13.0. The number of methoxy groups -OCH3 is 1. The van der Waals surface area contributed by atoms with Crippen molar-refractivity contribution in [2.24, 2.45) is 0 Å². The van der Waals surface area contributed by atoms with E-state index < -0.39 is 17.1 Å². The zero-order chi connectivity index (χ0) is 19.4. The lowest BCUT2D eigenvalue weighted by atomic mass is 9.96. The van der Waals surface area contributed by atoms with Gasteiger partial charge < -0.3 is 15.0 Å². The van der Waals surface area contributed by atoms with Gasteiger partial charge in [-0.3, -0.25) is 9.19 Å². The largest absolute Gasteiger partial charge is 0.760 e. The summed E-state index contributed by atoms with van der Waals surface area (Å²) in [6.45, 7) is 0.0717. The second-order valence-corrected chi connectivity index (χ2v) is 6.31. The molecular formula is C18H16FN4O3S-. The second kappa shape index (κ2) is 8.21. The van der Waals surface area contributed by atoms with Crippen molar-refractivity contribution >= 4 is 17.1 Å². The van der Waals surface area contributed by atoms with Crippen molar-refractivity contribution in [2.45, 2.75) is 6.54 Å². The summed E-state index contributed by atoms with van der Waals surface area (Å²) in [4.78, 5) is 8.02. The third-order valence-corrected chi connectivity index (χ3v) is 4.32. The number of benzene rings is 2. The molecule has 1 unspecified atom stereocenters. The van der Waals surface area contributed by atoms with E-state index in [1.165, 1.54) is 19.5 Å². The molecule has 1 aromatic heterocycles. The molecule has 0 spiro atoms. The quantitative estimate of drug-likeness (QED) is 0.628. The van der Waals surface area contributed by atoms with Crippen LogP contribution in [0, 0.1) is 5.82 Å². The Bertz CT molecular complexity index is 983. The van der Waals surface area contributed by atoms with E-state index in [4.69, 9.17) is 10.5 Å². The first-order valence-electron chi connectivity index (χ1n) is 7.86. The normalized spacial score (nSPS) is 12.0. The molecule has 3 aromatic rings. The van der Waals surface area contributed by atoms with Crippen LogP contribution in [-0.2, 0) is 17.8 Å². The van der Waals surface area contributed by atoms with Gasteiger partial charge in [0.2, 0.25) is 0 Å². The number of nitrogens with one attached hydrogen (secondary N) is 1. The molecule has 3 rings (SSSR count). The Morgan fingerprint density at radius 2 is 1.89 bits per heavy atom. The lowest BCUT2D eigenvalue weighted by molar-refractivity contribution is 0.389. The summed E-state index contributed by atoms with van der Waals surface area (Å²) < 4.78 is 44.3. The molecule has 0 saturated carbocycles. The van der Waals surface area contributed by atoms with E-state index >= 15 is 4.39 Å². The van der Waals surface area contributed by atoms with Gasteiger partial charge in [-0.2, -0.15) is 0 Å². The van der Waals surface area contributed by atoms with E-state index in [0.717, 1.165) is 0 Å². The molecule has 0 amide bonds. The Balaban J connectivity index is 2.09. The van der Waals surface area contributed by atoms with Crippen molar-refractivity contribution < 1.29 is 17.9 Å². The van der Waals surface area contributed by atoms with Gasteiger partial charge in [-0.15, -0.1) is 0 Å². The number of nitrogen functional groups attached to an aromatic ring is 1. The van der Waals surface area contributed by atoms with Gasteiger partial charge in [0.15, 0.2) is 11.6 Å². The maximum absolute atomic E-state index is 15.1. The van der Waals surface area contributed by atoms with Crippen LogP contribution in [-0.4, -0.2) is 25.8 Å². The maximum atomic E-state index is 15.1. The molecule has 0 aliphatic heterocycles. The van der Waals surface area contributed by atoms with Crippen LogP contribution < -0.4 is 15.2 Å². The Morgan fingerprint density at radius 3 is 2.56 bits per heavy atom. The van der Waals surface area contributed by atoms with Crippen LogP contribution in [0.2, 0.25) is 0 Å². The van der Waals surface area contributed by atoms with Crippen LogP contribution in [0.5, 0.6) is 5.75 Å². The highest BCUT2D eigenvalue weighted by Crippen LogP contribution is 2.38. The third-order valence-electron chi connectivity index (χ3n) is 3.94. The van der Waals surface area contributed by atoms with Gasteiger partial charge in [0, 0.05) is 28.9 Å². The molecule has 0 fully saturated rings. The summed E-state index contributed by atoms with van der Waals surface area (Å²) >= 11 is -2.40. The predicted molar refractivity (Wildman–Crippen MR) is 99.6 cm³/mol. The molecule has 1 atom stereocenters. The molecule has 1 heterocycles. The van der Waals surface area contributed by atoms with Crippen LogP contribution in [0.15, 0.2) is 48.8 Å². The number of ether oxygens (including phenoxy) is 1. The van der Waals surface area contributed by atoms with Crippen molar-refractivity contribution in [3.8, 4) is 28.1 Å². The van der Waals surface area contributed by atoms with E-state index in [-0.39, 0.29) is 23.7 Å². The molecular weight excluding hydrogens is 371 g/mol. The number of nitrogens with two attached hydrogens (primary N) is 1. The number of hydrogen-bond donors (Lipinski definition) is 2. The average molecular weight is 387 g/mol. The Morgan fingerprint density at radius 1 is 1.15 bits per heavy atom. The molecule has 27 heavy (non-hydrogen) atoms. The third kappa shape index (κ3) is 4.11. The molecule has 7 nitrogen and oxygen atoms in total. The standard InChI is InChI=1S/C18H17FN4O3S/c1-26-18-13(12-5-3-2-4-11(12)8-23-27(24)25)6-7-14(17(18)19)15-9-22-16(20)10-21-15/h2-7,9-10,23H,8H2,1H3,(H2,20,22)(H,24,25)/p-1. The van der Waals surface area contributed by atoms with E-state index in [0.29, 0.717) is 22.4 Å². The zero-order valence-electron chi connectivity index (χ0n) is 14.3. The number of rotatable bonds is 6. The molecule has 2 aromatic carbocycles. The summed E-state index contributed by atoms with van der Waals surface area (Å²) in [7, 11) is 1.37. The first-order valence-corrected chi connectivity index (χ1v) is 8.94. The lowest BCUT2D eigenvalue weighted by Gasteiger charge is -2.16. The minimum absolute atomic E-state index is 0.0295. The monoisotopic (exact) mass is 387 g/mol. The fraction of sp³-hybridized carbons (Fsp3) is 0.111. The minimum Gasteiger partial charge on any atom is -0.760 e. The van der Waals surface area contributed by atoms with Crippen molar-refractivity contribution in [1.29, 1.82) is 0 Å². The Hall–Kier alpha value is -2.88. The van der Waals surface area contributed by atoms with Gasteiger partial charge in [-0.1, -0.05) is 24.3 Å². The van der Waals surface area contributed by atoms with Gasteiger partial charge in [-0.05, 0) is 23.3 Å². The summed E-state index contributed by atoms with van der Waals surface area (Å²) in [6, 6.07) is 10.3. The average Bonchev–Trinajstić information content (AvgIpc) is 2.67. The number of nitrogens with zero attached hydrogens (tertiary/aromatic N) is 2. The molecule has 0 aliphatic carbocycles. The fourth-order valence-electron chi connectivity index (χ4n) is 2.72. The van der Waals surface area contributed by atoms with Crippen molar-refractivity contribution in [2.75, 3.05) is 12.8 Å². The summed E-state index contributed by atoms with van der Waals surface area (Å²) in [5.41, 5.74) is 7.90. The van der Waals surface area contributed by atoms with Crippen LogP contribution in [0.3, 0.4) is 0 Å². The zero-order valence-corrected chi connectivity index (χ0v) is 15.1. The van der Waals surface area contributed by atoms with Gasteiger partial charge in [0.1, 0.15) is 5.82 Å². The molecule has 0 saturated heterocycles. The smallest absolute Gasteiger partial charge is 0.175 e. The number of hydrogen-bond acceptors (Lipinski definition) is 6. The van der Waals surface area contributed by atoms with E-state index in [2.05, 4.69) is 14.7 Å². The van der Waals surface area contributed by atoms with E-state index in [9.17, 15) is 8.76 Å². The number of halogens is 1. The first kappa shape index (κ1) is 18.9. The van der Waals surface area contributed by atoms with Crippen molar-refractivity contribution in [3.05, 3.63) is 60.2 Å². The molecule has 140 valence electrons. The Kier molecular flexibility index (Phi) is 5.75. The molecule has 0 aliphatic rings. The van der Waals surface area contributed by atoms with E-state index in [1.807, 2.05) is 0 Å². The van der Waals surface area contributed by atoms with Gasteiger partial charge in [0.05, 0.1) is 25.2 Å². The minimum atomic E-state index is -2.40. The second-order valence-electron chi connectivity index (χ2n) is 5.55. The highest BCUT2D eigenvalue weighted by Gasteiger charge is 2.19. The highest BCUT2D eigenvalue weighted by molar-refractivity contribution is 7.77. The van der Waals surface area contributed by atoms with Crippen molar-refractivity contribution in [3.63, 3.8) is 0 Å². The molecule has 0 bridgehead atoms. The summed E-state index contributed by atoms with van der Waals surface area (Å²) in [6.07, 6.45) is 2.73. The van der Waals surface area contributed by atoms with Crippen LogP contribution in [0.4, 0.5) is 10.2 Å². The summed E-state index contributed by atoms with van der Waals surface area (Å²) in [5.74, 6) is -0.328. The summed E-state index contributed by atoms with van der Waals surface area (Å²) in [5, 5.41) is 0. The molecule has 9 heteroatoms. The van der Waals surface area contributed by atoms with Gasteiger partial charge in [-0.25, -0.2) is 14.1 Å². The van der Waals surface area contributed by atoms with Crippen LogP contribution >= 0.6 is 0 Å². The molecule has 0 radical (unpaired) electrons. The van der Waals surface area contributed by atoms with E-state index in [1.54, 1.807) is 36.4 Å². The fourth-order valence-corrected chi connectivity index (χ4v) is 2.99. The van der Waals surface area contributed by atoms with Crippen LogP contribution in [0.1, 0.15) is 5.56 Å². The highest BCUT2D eigenvalue weighted by atomic mass is 32.2.